The quantitative estimate of drug-likeness (QED) is 0.682. The first-order valence-electron chi connectivity index (χ1n) is 8.34. The Labute approximate surface area is 151 Å². The molecule has 0 aliphatic rings. The van der Waals surface area contributed by atoms with Crippen LogP contribution in [0.25, 0.3) is 10.8 Å². The van der Waals surface area contributed by atoms with Crippen molar-refractivity contribution in [3.63, 3.8) is 0 Å². The second-order valence-electron chi connectivity index (χ2n) is 5.65. The summed E-state index contributed by atoms with van der Waals surface area (Å²) < 4.78 is 10.4. The van der Waals surface area contributed by atoms with Crippen LogP contribution < -0.4 is 10.1 Å². The molecule has 3 rings (SSSR count). The van der Waals surface area contributed by atoms with E-state index in [0.29, 0.717) is 23.6 Å². The average Bonchev–Trinajstić information content (AvgIpc) is 2.67. The fourth-order valence-corrected chi connectivity index (χ4v) is 2.54. The van der Waals surface area contributed by atoms with Gasteiger partial charge in [-0.2, -0.15) is 0 Å². The molecule has 0 heterocycles. The number of carbonyl (C=O) groups excluding carboxylic acids is 2. The molecule has 26 heavy (non-hydrogen) atoms. The molecule has 3 aromatic carbocycles. The van der Waals surface area contributed by atoms with Crippen molar-refractivity contribution in [2.45, 2.75) is 6.92 Å². The van der Waals surface area contributed by atoms with Crippen LogP contribution >= 0.6 is 0 Å². The maximum Gasteiger partial charge on any atom is 0.338 e. The van der Waals surface area contributed by atoms with Crippen molar-refractivity contribution in [1.82, 2.24) is 0 Å². The topological polar surface area (TPSA) is 64.6 Å². The smallest absolute Gasteiger partial charge is 0.338 e. The molecule has 0 atom stereocenters. The van der Waals surface area contributed by atoms with Gasteiger partial charge in [-0.25, -0.2) is 4.79 Å². The van der Waals surface area contributed by atoms with Crippen LogP contribution in [0.5, 0.6) is 5.75 Å². The number of carbonyl (C=O) groups is 2. The Morgan fingerprint density at radius 1 is 0.923 bits per heavy atom. The van der Waals surface area contributed by atoms with E-state index in [1.54, 1.807) is 31.2 Å². The third-order valence-electron chi connectivity index (χ3n) is 3.75. The van der Waals surface area contributed by atoms with Crippen molar-refractivity contribution in [2.24, 2.45) is 0 Å². The van der Waals surface area contributed by atoms with Crippen LogP contribution in [0.15, 0.2) is 66.7 Å². The molecule has 3 aromatic rings. The van der Waals surface area contributed by atoms with Gasteiger partial charge >= 0.3 is 5.97 Å². The van der Waals surface area contributed by atoms with Gasteiger partial charge in [-0.05, 0) is 48.0 Å². The molecule has 0 aromatic heterocycles. The molecule has 5 heteroatoms. The molecule has 0 unspecified atom stereocenters. The second kappa shape index (κ2) is 8.16. The Hall–Kier alpha value is -3.34. The van der Waals surface area contributed by atoms with Crippen LogP contribution in [-0.4, -0.2) is 25.1 Å². The van der Waals surface area contributed by atoms with Crippen molar-refractivity contribution in [1.29, 1.82) is 0 Å². The van der Waals surface area contributed by atoms with Crippen molar-refractivity contribution in [2.75, 3.05) is 18.5 Å². The Morgan fingerprint density at radius 3 is 2.54 bits per heavy atom. The summed E-state index contributed by atoms with van der Waals surface area (Å²) in [5, 5.41) is 4.96. The second-order valence-corrected chi connectivity index (χ2v) is 5.65. The Kier molecular flexibility index (Phi) is 5.49. The number of esters is 1. The minimum Gasteiger partial charge on any atom is -0.484 e. The molecule has 0 aliphatic carbocycles. The van der Waals surface area contributed by atoms with Gasteiger partial charge in [0.25, 0.3) is 5.91 Å². The molecule has 0 fully saturated rings. The summed E-state index contributed by atoms with van der Waals surface area (Å²) in [6, 6.07) is 20.2. The molecular weight excluding hydrogens is 330 g/mol. The minimum absolute atomic E-state index is 0.154. The summed E-state index contributed by atoms with van der Waals surface area (Å²) in [6.07, 6.45) is 0. The Bertz CT molecular complexity index is 936. The number of rotatable bonds is 6. The van der Waals surface area contributed by atoms with Gasteiger partial charge in [-0.3, -0.25) is 4.79 Å². The van der Waals surface area contributed by atoms with Crippen LogP contribution in [0.4, 0.5) is 5.69 Å². The third-order valence-corrected chi connectivity index (χ3v) is 3.75. The predicted octanol–water partition coefficient (Wildman–Crippen LogP) is 4.03. The van der Waals surface area contributed by atoms with Gasteiger partial charge in [0.2, 0.25) is 0 Å². The minimum atomic E-state index is -0.418. The Balaban J connectivity index is 1.60. The summed E-state index contributed by atoms with van der Waals surface area (Å²) >= 11 is 0. The van der Waals surface area contributed by atoms with Gasteiger partial charge in [0.15, 0.2) is 6.61 Å². The number of benzene rings is 3. The van der Waals surface area contributed by atoms with E-state index in [4.69, 9.17) is 9.47 Å². The monoisotopic (exact) mass is 349 g/mol. The van der Waals surface area contributed by atoms with E-state index in [1.807, 2.05) is 42.5 Å². The zero-order chi connectivity index (χ0) is 18.4. The normalized spacial score (nSPS) is 10.3. The van der Waals surface area contributed by atoms with Gasteiger partial charge in [-0.15, -0.1) is 0 Å². The highest BCUT2D eigenvalue weighted by molar-refractivity contribution is 5.95. The number of hydrogen-bond donors (Lipinski definition) is 1. The lowest BCUT2D eigenvalue weighted by Gasteiger charge is -2.09. The molecule has 1 amide bonds. The average molecular weight is 349 g/mol. The van der Waals surface area contributed by atoms with Gasteiger partial charge < -0.3 is 14.8 Å². The van der Waals surface area contributed by atoms with E-state index in [2.05, 4.69) is 5.32 Å². The number of amides is 1. The maximum atomic E-state index is 12.1. The number of anilines is 1. The van der Waals surface area contributed by atoms with Crippen molar-refractivity contribution in [3.05, 3.63) is 72.3 Å². The van der Waals surface area contributed by atoms with E-state index in [1.165, 1.54) is 0 Å². The molecule has 0 saturated heterocycles. The Morgan fingerprint density at radius 2 is 1.73 bits per heavy atom. The lowest BCUT2D eigenvalue weighted by molar-refractivity contribution is -0.118. The van der Waals surface area contributed by atoms with E-state index in [-0.39, 0.29) is 12.5 Å². The van der Waals surface area contributed by atoms with Gasteiger partial charge in [-0.1, -0.05) is 36.4 Å². The fraction of sp³-hybridized carbons (Fsp3) is 0.143. The zero-order valence-corrected chi connectivity index (χ0v) is 14.4. The zero-order valence-electron chi connectivity index (χ0n) is 14.4. The molecule has 0 radical (unpaired) electrons. The van der Waals surface area contributed by atoms with Gasteiger partial charge in [0, 0.05) is 5.69 Å². The predicted molar refractivity (Wildman–Crippen MR) is 100 cm³/mol. The first kappa shape index (κ1) is 17.5. The SMILES string of the molecule is CCOC(=O)c1cccc(OCC(=O)Nc2ccc3ccccc3c2)c1. The number of ether oxygens (including phenoxy) is 2. The van der Waals surface area contributed by atoms with E-state index >= 15 is 0 Å². The third kappa shape index (κ3) is 4.39. The summed E-state index contributed by atoms with van der Waals surface area (Å²) in [4.78, 5) is 23.8. The highest BCUT2D eigenvalue weighted by Crippen LogP contribution is 2.19. The van der Waals surface area contributed by atoms with Crippen LogP contribution in [-0.2, 0) is 9.53 Å². The van der Waals surface area contributed by atoms with E-state index in [0.717, 1.165) is 10.8 Å². The van der Waals surface area contributed by atoms with Gasteiger partial charge in [0.05, 0.1) is 12.2 Å². The molecule has 0 aliphatic heterocycles. The lowest BCUT2D eigenvalue weighted by Crippen LogP contribution is -2.20. The molecule has 0 saturated carbocycles. The summed E-state index contributed by atoms with van der Waals surface area (Å²) in [6.45, 7) is 1.90. The maximum absolute atomic E-state index is 12.1. The van der Waals surface area contributed by atoms with Crippen molar-refractivity contribution in [3.8, 4) is 5.75 Å². The first-order chi connectivity index (χ1) is 12.7. The van der Waals surface area contributed by atoms with Crippen LogP contribution in [0, 0.1) is 0 Å². The van der Waals surface area contributed by atoms with Gasteiger partial charge in [0.1, 0.15) is 5.75 Å². The summed E-state index contributed by atoms with van der Waals surface area (Å²) in [7, 11) is 0. The molecule has 132 valence electrons. The van der Waals surface area contributed by atoms with Crippen molar-refractivity contribution < 1.29 is 19.1 Å². The molecule has 0 bridgehead atoms. The summed E-state index contributed by atoms with van der Waals surface area (Å²) in [5.41, 5.74) is 1.09. The van der Waals surface area contributed by atoms with E-state index in [9.17, 15) is 9.59 Å². The first-order valence-corrected chi connectivity index (χ1v) is 8.34. The van der Waals surface area contributed by atoms with Crippen molar-refractivity contribution >= 4 is 28.3 Å². The van der Waals surface area contributed by atoms with E-state index < -0.39 is 5.97 Å². The lowest BCUT2D eigenvalue weighted by atomic mass is 10.1. The summed E-state index contributed by atoms with van der Waals surface area (Å²) in [5.74, 6) is -0.260. The fourth-order valence-electron chi connectivity index (χ4n) is 2.54. The molecular formula is C21H19NO4. The molecule has 1 N–H and O–H groups in total. The molecule has 0 spiro atoms. The highest BCUT2D eigenvalue weighted by atomic mass is 16.5. The number of hydrogen-bond acceptors (Lipinski definition) is 4. The van der Waals surface area contributed by atoms with Crippen LogP contribution in [0.1, 0.15) is 17.3 Å². The standard InChI is InChI=1S/C21H19NO4/c1-2-25-21(24)17-8-5-9-19(13-17)26-14-20(23)22-18-11-10-15-6-3-4-7-16(15)12-18/h3-13H,2,14H2,1H3,(H,22,23). The van der Waals surface area contributed by atoms with Crippen LogP contribution in [0.3, 0.4) is 0 Å². The molecule has 5 nitrogen and oxygen atoms in total. The highest BCUT2D eigenvalue weighted by Gasteiger charge is 2.09. The van der Waals surface area contributed by atoms with Crippen LogP contribution in [0.2, 0.25) is 0 Å². The largest absolute Gasteiger partial charge is 0.484 e. The number of nitrogens with one attached hydrogen (secondary N) is 1. The number of fused-ring (bicyclic) bond motifs is 1.